The van der Waals surface area contributed by atoms with Crippen molar-refractivity contribution in [3.8, 4) is 0 Å². The first-order chi connectivity index (χ1) is 5.52. The minimum atomic E-state index is -0.600. The number of rotatable bonds is 2. The summed E-state index contributed by atoms with van der Waals surface area (Å²) in [5.74, 6) is -1.20. The van der Waals surface area contributed by atoms with Gasteiger partial charge in [0.1, 0.15) is 12.0 Å². The maximum atomic E-state index is 11.3. The Morgan fingerprint density at radius 3 is 2.58 bits per heavy atom. The maximum absolute atomic E-state index is 11.3. The van der Waals surface area contributed by atoms with Crippen LogP contribution in [0.4, 0.5) is 0 Å². The van der Waals surface area contributed by atoms with Crippen LogP contribution in [0.1, 0.15) is 20.3 Å². The van der Waals surface area contributed by atoms with Crippen molar-refractivity contribution in [3.05, 3.63) is 12.2 Å². The fourth-order valence-electron chi connectivity index (χ4n) is 1.27. The summed E-state index contributed by atoms with van der Waals surface area (Å²) in [6.45, 7) is 6.89. The van der Waals surface area contributed by atoms with Gasteiger partial charge in [-0.15, -0.1) is 0 Å². The van der Waals surface area contributed by atoms with Crippen LogP contribution in [0.15, 0.2) is 12.2 Å². The lowest BCUT2D eigenvalue weighted by Gasteiger charge is -2.01. The summed E-state index contributed by atoms with van der Waals surface area (Å²) < 4.78 is 4.84. The largest absolute Gasteiger partial charge is 0.462 e. The van der Waals surface area contributed by atoms with Gasteiger partial charge in [0.05, 0.1) is 0 Å². The molecule has 0 saturated carbocycles. The molecule has 0 spiro atoms. The van der Waals surface area contributed by atoms with E-state index in [1.54, 1.807) is 13.8 Å². The number of ketones is 1. The van der Waals surface area contributed by atoms with Crippen molar-refractivity contribution < 1.29 is 14.3 Å². The first kappa shape index (κ1) is 8.97. The van der Waals surface area contributed by atoms with Crippen LogP contribution in [-0.4, -0.2) is 17.9 Å². The molecule has 12 heavy (non-hydrogen) atoms. The van der Waals surface area contributed by atoms with Crippen molar-refractivity contribution >= 4 is 11.8 Å². The van der Waals surface area contributed by atoms with Crippen LogP contribution in [0.25, 0.3) is 0 Å². The number of cyclic esters (lactones) is 1. The molecule has 0 bridgehead atoms. The molecule has 0 aliphatic carbocycles. The Bertz CT molecular complexity index is 242. The molecule has 66 valence electrons. The number of allylic oxidation sites excluding steroid dienone is 1. The molecule has 0 N–H and O–H groups in total. The van der Waals surface area contributed by atoms with E-state index in [0.29, 0.717) is 12.0 Å². The van der Waals surface area contributed by atoms with Crippen LogP contribution in [0.2, 0.25) is 0 Å². The number of carbonyl (C=O) groups is 2. The third kappa shape index (κ3) is 1.55. The predicted octanol–water partition coefficient (Wildman–Crippen LogP) is 1.08. The Kier molecular flexibility index (Phi) is 2.31. The zero-order valence-electron chi connectivity index (χ0n) is 7.29. The van der Waals surface area contributed by atoms with Crippen LogP contribution in [-0.2, 0) is 14.3 Å². The van der Waals surface area contributed by atoms with Crippen LogP contribution in [0, 0.1) is 5.92 Å². The Morgan fingerprint density at radius 2 is 2.25 bits per heavy atom. The summed E-state index contributed by atoms with van der Waals surface area (Å²) in [4.78, 5) is 22.3. The molecule has 1 rings (SSSR count). The number of hydrogen-bond acceptors (Lipinski definition) is 3. The second kappa shape index (κ2) is 3.09. The van der Waals surface area contributed by atoms with Crippen molar-refractivity contribution in [2.45, 2.75) is 26.4 Å². The molecule has 0 amide bonds. The van der Waals surface area contributed by atoms with Crippen molar-refractivity contribution in [1.82, 2.24) is 0 Å². The maximum Gasteiger partial charge on any atom is 0.317 e. The highest BCUT2D eigenvalue weighted by Gasteiger charge is 2.37. The van der Waals surface area contributed by atoms with Gasteiger partial charge >= 0.3 is 5.97 Å². The average Bonchev–Trinajstić information content (AvgIpc) is 2.28. The van der Waals surface area contributed by atoms with Crippen LogP contribution < -0.4 is 0 Å². The summed E-state index contributed by atoms with van der Waals surface area (Å²) in [5.41, 5.74) is 0.422. The minimum absolute atomic E-state index is 0.134. The van der Waals surface area contributed by atoms with Crippen molar-refractivity contribution in [2.24, 2.45) is 5.92 Å². The normalized spacial score (nSPS) is 28.3. The van der Waals surface area contributed by atoms with E-state index in [9.17, 15) is 9.59 Å². The van der Waals surface area contributed by atoms with E-state index in [1.165, 1.54) is 0 Å². The number of carbonyl (C=O) groups excluding carboxylic acids is 2. The smallest absolute Gasteiger partial charge is 0.317 e. The van der Waals surface area contributed by atoms with Crippen molar-refractivity contribution in [2.75, 3.05) is 0 Å². The van der Waals surface area contributed by atoms with E-state index in [2.05, 4.69) is 6.58 Å². The number of Topliss-reactive ketones (excluding diaryl/α,β-unsaturated/α-hetero) is 1. The highest BCUT2D eigenvalue weighted by molar-refractivity contribution is 6.08. The van der Waals surface area contributed by atoms with Crippen LogP contribution in [0.5, 0.6) is 0 Å². The quantitative estimate of drug-likeness (QED) is 0.352. The summed E-state index contributed by atoms with van der Waals surface area (Å²) in [6.07, 6.45) is 0.357. The third-order valence-electron chi connectivity index (χ3n) is 1.91. The van der Waals surface area contributed by atoms with Gasteiger partial charge in [-0.2, -0.15) is 0 Å². The van der Waals surface area contributed by atoms with E-state index < -0.39 is 11.9 Å². The Labute approximate surface area is 71.4 Å². The van der Waals surface area contributed by atoms with E-state index in [-0.39, 0.29) is 11.9 Å². The van der Waals surface area contributed by atoms with Gasteiger partial charge in [0.25, 0.3) is 0 Å². The highest BCUT2D eigenvalue weighted by Crippen LogP contribution is 2.23. The molecule has 1 aliphatic heterocycles. The van der Waals surface area contributed by atoms with Crippen molar-refractivity contribution in [1.29, 1.82) is 0 Å². The van der Waals surface area contributed by atoms with Gasteiger partial charge in [0.15, 0.2) is 5.78 Å². The van der Waals surface area contributed by atoms with Gasteiger partial charge in [-0.25, -0.2) is 0 Å². The standard InChI is InChI=1S/C9H12O3/c1-5(2)8(10)7-4-6(3)12-9(7)11/h6-7H,1,4H2,2-3H3. The average molecular weight is 168 g/mol. The van der Waals surface area contributed by atoms with Gasteiger partial charge < -0.3 is 4.74 Å². The highest BCUT2D eigenvalue weighted by atomic mass is 16.5. The summed E-state index contributed by atoms with van der Waals surface area (Å²) in [7, 11) is 0. The van der Waals surface area contributed by atoms with E-state index >= 15 is 0 Å². The molecular formula is C9H12O3. The minimum Gasteiger partial charge on any atom is -0.462 e. The zero-order chi connectivity index (χ0) is 9.30. The second-order valence-corrected chi connectivity index (χ2v) is 3.18. The number of hydrogen-bond donors (Lipinski definition) is 0. The molecule has 1 saturated heterocycles. The molecule has 3 nitrogen and oxygen atoms in total. The monoisotopic (exact) mass is 168 g/mol. The summed E-state index contributed by atoms with van der Waals surface area (Å²) >= 11 is 0. The molecule has 3 heteroatoms. The molecule has 0 aromatic rings. The first-order valence-electron chi connectivity index (χ1n) is 3.92. The molecule has 0 aromatic carbocycles. The van der Waals surface area contributed by atoms with E-state index in [4.69, 9.17) is 4.74 Å². The van der Waals surface area contributed by atoms with Gasteiger partial charge in [-0.3, -0.25) is 9.59 Å². The van der Waals surface area contributed by atoms with Gasteiger partial charge in [0.2, 0.25) is 0 Å². The lowest BCUT2D eigenvalue weighted by atomic mass is 9.96. The Morgan fingerprint density at radius 1 is 1.67 bits per heavy atom. The lowest BCUT2D eigenvalue weighted by molar-refractivity contribution is -0.145. The Hall–Kier alpha value is -1.12. The van der Waals surface area contributed by atoms with Crippen LogP contribution in [0.3, 0.4) is 0 Å². The third-order valence-corrected chi connectivity index (χ3v) is 1.91. The molecular weight excluding hydrogens is 156 g/mol. The summed E-state index contributed by atoms with van der Waals surface area (Å²) in [5, 5.41) is 0. The molecule has 0 radical (unpaired) electrons. The molecule has 1 heterocycles. The fraction of sp³-hybridized carbons (Fsp3) is 0.556. The second-order valence-electron chi connectivity index (χ2n) is 3.18. The molecule has 2 atom stereocenters. The lowest BCUT2D eigenvalue weighted by Crippen LogP contribution is -2.19. The van der Waals surface area contributed by atoms with Crippen LogP contribution >= 0.6 is 0 Å². The SMILES string of the molecule is C=C(C)C(=O)C1CC(C)OC1=O. The molecule has 1 fully saturated rings. The van der Waals surface area contributed by atoms with Gasteiger partial charge in [-0.1, -0.05) is 6.58 Å². The zero-order valence-corrected chi connectivity index (χ0v) is 7.29. The van der Waals surface area contributed by atoms with E-state index in [1.807, 2.05) is 0 Å². The predicted molar refractivity (Wildman–Crippen MR) is 43.5 cm³/mol. The number of esters is 1. The Balaban J connectivity index is 2.71. The molecule has 2 unspecified atom stereocenters. The first-order valence-corrected chi connectivity index (χ1v) is 3.92. The van der Waals surface area contributed by atoms with Gasteiger partial charge in [0, 0.05) is 6.42 Å². The topological polar surface area (TPSA) is 43.4 Å². The fourth-order valence-corrected chi connectivity index (χ4v) is 1.27. The number of ether oxygens (including phenoxy) is 1. The van der Waals surface area contributed by atoms with Gasteiger partial charge in [-0.05, 0) is 19.4 Å². The molecule has 0 aromatic heterocycles. The van der Waals surface area contributed by atoms with Crippen molar-refractivity contribution in [3.63, 3.8) is 0 Å². The summed E-state index contributed by atoms with van der Waals surface area (Å²) in [6, 6.07) is 0. The van der Waals surface area contributed by atoms with E-state index in [0.717, 1.165) is 0 Å². The molecule has 1 aliphatic rings.